The van der Waals surface area contributed by atoms with Crippen molar-refractivity contribution in [2.75, 3.05) is 21.3 Å². The van der Waals surface area contributed by atoms with Crippen LogP contribution in [0, 0.1) is 5.92 Å². The predicted molar refractivity (Wildman–Crippen MR) is 122 cm³/mol. The topological polar surface area (TPSA) is 104 Å². The molecule has 3 aromatic rings. The first kappa shape index (κ1) is 22.1. The Kier molecular flexibility index (Phi) is 6.12. The van der Waals surface area contributed by atoms with E-state index in [1.165, 1.54) is 7.11 Å². The van der Waals surface area contributed by atoms with Crippen LogP contribution in [0.2, 0.25) is 0 Å². The molecular weight excluding hydrogens is 424 g/mol. The van der Waals surface area contributed by atoms with E-state index in [0.29, 0.717) is 28.5 Å². The summed E-state index contributed by atoms with van der Waals surface area (Å²) in [5.74, 6) is -0.177. The van der Waals surface area contributed by atoms with Crippen LogP contribution in [0.15, 0.2) is 59.7 Å². The second-order valence-corrected chi connectivity index (χ2v) is 7.46. The van der Waals surface area contributed by atoms with Crippen LogP contribution in [0.3, 0.4) is 0 Å². The van der Waals surface area contributed by atoms with Crippen molar-refractivity contribution in [2.24, 2.45) is 10.9 Å². The van der Waals surface area contributed by atoms with E-state index in [9.17, 15) is 9.59 Å². The highest BCUT2D eigenvalue weighted by Crippen LogP contribution is 2.38. The molecule has 170 valence electrons. The maximum Gasteiger partial charge on any atom is 0.341 e. The second-order valence-electron chi connectivity index (χ2n) is 7.46. The van der Waals surface area contributed by atoms with Gasteiger partial charge in [0.25, 0.3) is 0 Å². The maximum absolute atomic E-state index is 12.7. The van der Waals surface area contributed by atoms with Crippen LogP contribution in [0.4, 0.5) is 4.79 Å². The summed E-state index contributed by atoms with van der Waals surface area (Å²) in [7, 11) is 4.43. The van der Waals surface area contributed by atoms with E-state index in [4.69, 9.17) is 19.3 Å². The molecular formula is C24H24N4O5. The quantitative estimate of drug-likeness (QED) is 0.578. The van der Waals surface area contributed by atoms with Crippen LogP contribution in [0.1, 0.15) is 18.5 Å². The number of benzene rings is 2. The lowest BCUT2D eigenvalue weighted by Crippen LogP contribution is -2.44. The molecule has 4 rings (SSSR count). The Morgan fingerprint density at radius 2 is 1.76 bits per heavy atom. The van der Waals surface area contributed by atoms with Crippen molar-refractivity contribution in [1.82, 2.24) is 15.1 Å². The van der Waals surface area contributed by atoms with Gasteiger partial charge in [-0.05, 0) is 37.3 Å². The molecule has 1 aromatic heterocycles. The number of para-hydroxylation sites is 1. The van der Waals surface area contributed by atoms with E-state index in [0.717, 1.165) is 11.3 Å². The molecule has 0 radical (unpaired) electrons. The molecule has 9 nitrogen and oxygen atoms in total. The average molecular weight is 448 g/mol. The summed E-state index contributed by atoms with van der Waals surface area (Å²) in [6.07, 6.45) is 1.81. The van der Waals surface area contributed by atoms with Crippen LogP contribution < -0.4 is 14.8 Å². The number of aliphatic imine (C=N–C) groups is 1. The minimum absolute atomic E-state index is 0.376. The Balaban J connectivity index is 1.92. The zero-order valence-electron chi connectivity index (χ0n) is 18.7. The molecule has 1 N–H and O–H groups in total. The summed E-state index contributed by atoms with van der Waals surface area (Å²) >= 11 is 0. The molecule has 2 unspecified atom stereocenters. The fraction of sp³-hybridized carbons (Fsp3) is 0.250. The Labute approximate surface area is 191 Å². The number of carbonyl (C=O) groups is 2. The van der Waals surface area contributed by atoms with Gasteiger partial charge >= 0.3 is 12.0 Å². The number of hydrogen-bond acceptors (Lipinski definition) is 6. The van der Waals surface area contributed by atoms with Crippen molar-refractivity contribution in [2.45, 2.75) is 13.0 Å². The number of nitrogens with zero attached hydrogens (tertiary/aromatic N) is 3. The van der Waals surface area contributed by atoms with E-state index in [1.54, 1.807) is 44.2 Å². The van der Waals surface area contributed by atoms with Gasteiger partial charge in [0.2, 0.25) is 0 Å². The number of methoxy groups -OCH3 is 3. The molecule has 0 aliphatic carbocycles. The average Bonchev–Trinajstić information content (AvgIpc) is 3.28. The van der Waals surface area contributed by atoms with Gasteiger partial charge in [-0.1, -0.05) is 18.2 Å². The first-order valence-corrected chi connectivity index (χ1v) is 10.3. The van der Waals surface area contributed by atoms with Crippen molar-refractivity contribution in [3.63, 3.8) is 0 Å². The molecule has 2 heterocycles. The molecule has 33 heavy (non-hydrogen) atoms. The van der Waals surface area contributed by atoms with Gasteiger partial charge in [-0.15, -0.1) is 0 Å². The highest BCUT2D eigenvalue weighted by atomic mass is 16.5. The van der Waals surface area contributed by atoms with E-state index < -0.39 is 24.0 Å². The first-order valence-electron chi connectivity index (χ1n) is 10.3. The summed E-state index contributed by atoms with van der Waals surface area (Å²) in [6, 6.07) is 13.7. The van der Waals surface area contributed by atoms with E-state index in [-0.39, 0.29) is 0 Å². The SMILES string of the molecule is COC(=O)C1C(C)=NC(=O)NC1c1cn(-c2ccccc2)nc1-c1ccc(OC)c(OC)c1. The third-order valence-corrected chi connectivity index (χ3v) is 5.55. The van der Waals surface area contributed by atoms with Gasteiger partial charge in [0.05, 0.1) is 38.8 Å². The van der Waals surface area contributed by atoms with Crippen molar-refractivity contribution in [1.29, 1.82) is 0 Å². The van der Waals surface area contributed by atoms with Crippen molar-refractivity contribution < 1.29 is 23.8 Å². The van der Waals surface area contributed by atoms with Crippen molar-refractivity contribution in [3.05, 3.63) is 60.3 Å². The number of nitrogens with one attached hydrogen (secondary N) is 1. The van der Waals surface area contributed by atoms with E-state index in [1.807, 2.05) is 36.4 Å². The fourth-order valence-corrected chi connectivity index (χ4v) is 3.95. The van der Waals surface area contributed by atoms with Gasteiger partial charge in [0.15, 0.2) is 11.5 Å². The van der Waals surface area contributed by atoms with Gasteiger partial charge in [-0.2, -0.15) is 5.10 Å². The molecule has 0 bridgehead atoms. The monoisotopic (exact) mass is 448 g/mol. The Bertz CT molecular complexity index is 1220. The lowest BCUT2D eigenvalue weighted by Gasteiger charge is -2.29. The number of carbonyl (C=O) groups excluding carboxylic acids is 2. The van der Waals surface area contributed by atoms with Crippen LogP contribution in [0.5, 0.6) is 11.5 Å². The molecule has 1 aliphatic heterocycles. The summed E-state index contributed by atoms with van der Waals surface area (Å²) in [4.78, 5) is 28.9. The molecule has 0 saturated heterocycles. The van der Waals surface area contributed by atoms with Crippen molar-refractivity contribution in [3.8, 4) is 28.4 Å². The summed E-state index contributed by atoms with van der Waals surface area (Å²) in [5.41, 5.74) is 3.15. The van der Waals surface area contributed by atoms with Gasteiger partial charge in [0.1, 0.15) is 5.92 Å². The second kappa shape index (κ2) is 9.15. The van der Waals surface area contributed by atoms with Crippen LogP contribution >= 0.6 is 0 Å². The molecule has 1 aliphatic rings. The molecule has 0 fully saturated rings. The Morgan fingerprint density at radius 1 is 1.03 bits per heavy atom. The Morgan fingerprint density at radius 3 is 2.42 bits per heavy atom. The minimum Gasteiger partial charge on any atom is -0.493 e. The van der Waals surface area contributed by atoms with Crippen LogP contribution in [0.25, 0.3) is 16.9 Å². The standard InChI is InChI=1S/C24H24N4O5/c1-14-20(23(29)33-4)22(26-24(30)25-14)17-13-28(16-8-6-5-7-9-16)27-21(17)15-10-11-18(31-2)19(12-15)32-3/h5-13,20,22H,1-4H3,(H,26,30). The normalized spacial score (nSPS) is 17.7. The zero-order valence-corrected chi connectivity index (χ0v) is 18.7. The molecule has 9 heteroatoms. The number of amides is 2. The minimum atomic E-state index is -0.792. The molecule has 2 amide bonds. The largest absolute Gasteiger partial charge is 0.493 e. The van der Waals surface area contributed by atoms with Gasteiger partial charge in [0, 0.05) is 23.0 Å². The first-order chi connectivity index (χ1) is 16.0. The Hall–Kier alpha value is -4.14. The van der Waals surface area contributed by atoms with Gasteiger partial charge in [-0.25, -0.2) is 14.5 Å². The number of rotatable bonds is 6. The number of urea groups is 1. The fourth-order valence-electron chi connectivity index (χ4n) is 3.95. The van der Waals surface area contributed by atoms with Crippen molar-refractivity contribution >= 4 is 17.7 Å². The third-order valence-electron chi connectivity index (χ3n) is 5.55. The lowest BCUT2D eigenvalue weighted by atomic mass is 9.87. The zero-order chi connectivity index (χ0) is 23.5. The van der Waals surface area contributed by atoms with Crippen LogP contribution in [-0.2, 0) is 9.53 Å². The molecule has 2 atom stereocenters. The number of hydrogen-bond donors (Lipinski definition) is 1. The summed E-state index contributed by atoms with van der Waals surface area (Å²) in [6.45, 7) is 1.64. The van der Waals surface area contributed by atoms with Crippen LogP contribution in [-0.4, -0.2) is 48.8 Å². The highest BCUT2D eigenvalue weighted by molar-refractivity contribution is 6.08. The van der Waals surface area contributed by atoms with Gasteiger partial charge < -0.3 is 19.5 Å². The number of ether oxygens (including phenoxy) is 3. The summed E-state index contributed by atoms with van der Waals surface area (Å²) < 4.78 is 17.5. The third kappa shape index (κ3) is 4.17. The predicted octanol–water partition coefficient (Wildman–Crippen LogP) is 3.57. The number of aromatic nitrogens is 2. The summed E-state index contributed by atoms with van der Waals surface area (Å²) in [5, 5.41) is 7.62. The smallest absolute Gasteiger partial charge is 0.341 e. The molecule has 0 spiro atoms. The molecule has 0 saturated carbocycles. The number of esters is 1. The highest BCUT2D eigenvalue weighted by Gasteiger charge is 2.40. The maximum atomic E-state index is 12.7. The van der Waals surface area contributed by atoms with E-state index >= 15 is 0 Å². The molecule has 2 aromatic carbocycles. The van der Waals surface area contributed by atoms with E-state index in [2.05, 4.69) is 10.3 Å². The lowest BCUT2D eigenvalue weighted by molar-refractivity contribution is -0.143. The van der Waals surface area contributed by atoms with Gasteiger partial charge in [-0.3, -0.25) is 4.79 Å².